The van der Waals surface area contributed by atoms with E-state index in [4.69, 9.17) is 10.7 Å². The van der Waals surface area contributed by atoms with Gasteiger partial charge in [-0.3, -0.25) is 0 Å². The number of rotatable bonds is 4. The van der Waals surface area contributed by atoms with Crippen LogP contribution in [0.25, 0.3) is 10.6 Å². The van der Waals surface area contributed by atoms with Gasteiger partial charge in [-0.15, -0.1) is 22.7 Å². The third-order valence-corrected chi connectivity index (χ3v) is 4.73. The molecule has 0 fully saturated rings. The molecule has 0 unspecified atom stereocenters. The van der Waals surface area contributed by atoms with Crippen molar-refractivity contribution in [2.45, 2.75) is 25.7 Å². The minimum absolute atomic E-state index is 0.0922. The second-order valence-electron chi connectivity index (χ2n) is 4.44. The van der Waals surface area contributed by atoms with Crippen LogP contribution in [-0.2, 0) is 5.41 Å². The Hall–Kier alpha value is -0.710. The summed E-state index contributed by atoms with van der Waals surface area (Å²) in [5.74, 6) is 0. The van der Waals surface area contributed by atoms with Gasteiger partial charge in [0.15, 0.2) is 0 Å². The smallest absolute Gasteiger partial charge is 0.0989 e. The maximum Gasteiger partial charge on any atom is 0.0989 e. The molecule has 0 atom stereocenters. The lowest BCUT2D eigenvalue weighted by Gasteiger charge is -2.20. The zero-order chi connectivity index (χ0) is 11.6. The van der Waals surface area contributed by atoms with Gasteiger partial charge in [0.2, 0.25) is 0 Å². The second-order valence-corrected chi connectivity index (χ2v) is 6.24. The van der Waals surface area contributed by atoms with Crippen molar-refractivity contribution in [2.24, 2.45) is 5.73 Å². The molecule has 0 amide bonds. The molecule has 2 aromatic rings. The van der Waals surface area contributed by atoms with Crippen molar-refractivity contribution in [1.82, 2.24) is 4.98 Å². The van der Waals surface area contributed by atoms with Crippen LogP contribution in [0, 0.1) is 0 Å². The molecule has 0 spiro atoms. The fourth-order valence-electron chi connectivity index (χ4n) is 1.59. The van der Waals surface area contributed by atoms with Crippen molar-refractivity contribution in [3.8, 4) is 10.6 Å². The summed E-state index contributed by atoms with van der Waals surface area (Å²) >= 11 is 3.47. The van der Waals surface area contributed by atoms with E-state index in [1.807, 2.05) is 0 Å². The Bertz CT molecular complexity index is 443. The molecular weight excluding hydrogens is 236 g/mol. The predicted molar refractivity (Wildman–Crippen MR) is 72.1 cm³/mol. The van der Waals surface area contributed by atoms with Crippen LogP contribution in [-0.4, -0.2) is 11.5 Å². The van der Waals surface area contributed by atoms with Gasteiger partial charge < -0.3 is 5.73 Å². The summed E-state index contributed by atoms with van der Waals surface area (Å²) in [6.45, 7) is 5.12. The minimum atomic E-state index is 0.0922. The third-order valence-electron chi connectivity index (χ3n) is 2.63. The van der Waals surface area contributed by atoms with Gasteiger partial charge in [0.05, 0.1) is 15.6 Å². The summed E-state index contributed by atoms with van der Waals surface area (Å²) in [7, 11) is 0. The molecule has 0 bridgehead atoms. The molecule has 0 saturated heterocycles. The summed E-state index contributed by atoms with van der Waals surface area (Å²) in [4.78, 5) is 5.96. The van der Waals surface area contributed by atoms with Crippen LogP contribution in [0.1, 0.15) is 25.3 Å². The molecule has 86 valence electrons. The van der Waals surface area contributed by atoms with Crippen LogP contribution in [0.5, 0.6) is 0 Å². The number of thiophene rings is 1. The van der Waals surface area contributed by atoms with Crippen molar-refractivity contribution in [3.05, 3.63) is 27.9 Å². The number of hydrogen-bond acceptors (Lipinski definition) is 4. The van der Waals surface area contributed by atoms with E-state index in [2.05, 4.69) is 36.7 Å². The SMILES string of the molecule is CC(C)(CCN)c1nc(-c2cccs2)cs1. The van der Waals surface area contributed by atoms with Gasteiger partial charge in [-0.1, -0.05) is 19.9 Å². The van der Waals surface area contributed by atoms with Crippen LogP contribution in [0.15, 0.2) is 22.9 Å². The minimum Gasteiger partial charge on any atom is -0.330 e. The molecule has 2 aromatic heterocycles. The molecule has 16 heavy (non-hydrogen) atoms. The molecule has 2 nitrogen and oxygen atoms in total. The van der Waals surface area contributed by atoms with E-state index >= 15 is 0 Å². The maximum atomic E-state index is 5.63. The van der Waals surface area contributed by atoms with Crippen molar-refractivity contribution in [1.29, 1.82) is 0 Å². The predicted octanol–water partition coefficient (Wildman–Crippen LogP) is 3.50. The monoisotopic (exact) mass is 252 g/mol. The zero-order valence-corrected chi connectivity index (χ0v) is 11.2. The Morgan fingerprint density at radius 2 is 2.19 bits per heavy atom. The molecule has 0 saturated carbocycles. The summed E-state index contributed by atoms with van der Waals surface area (Å²) in [5, 5.41) is 5.40. The molecule has 0 aliphatic carbocycles. The fourth-order valence-corrected chi connectivity index (χ4v) is 3.33. The first-order valence-corrected chi connectivity index (χ1v) is 7.09. The van der Waals surface area contributed by atoms with Crippen LogP contribution in [0.4, 0.5) is 0 Å². The Kier molecular flexibility index (Phi) is 3.42. The number of nitrogens with two attached hydrogens (primary N) is 1. The van der Waals surface area contributed by atoms with E-state index in [0.717, 1.165) is 12.1 Å². The molecule has 4 heteroatoms. The summed E-state index contributed by atoms with van der Waals surface area (Å²) in [6.07, 6.45) is 0.977. The normalized spacial score (nSPS) is 11.9. The first-order valence-electron chi connectivity index (χ1n) is 5.33. The number of hydrogen-bond donors (Lipinski definition) is 1. The van der Waals surface area contributed by atoms with Crippen molar-refractivity contribution in [2.75, 3.05) is 6.54 Å². The molecular formula is C12H16N2S2. The molecule has 2 rings (SSSR count). The highest BCUT2D eigenvalue weighted by molar-refractivity contribution is 7.14. The van der Waals surface area contributed by atoms with Crippen molar-refractivity contribution < 1.29 is 0 Å². The van der Waals surface area contributed by atoms with E-state index in [-0.39, 0.29) is 5.41 Å². The van der Waals surface area contributed by atoms with Gasteiger partial charge in [0.25, 0.3) is 0 Å². The van der Waals surface area contributed by atoms with Gasteiger partial charge in [-0.2, -0.15) is 0 Å². The summed E-state index contributed by atoms with van der Waals surface area (Å²) < 4.78 is 0. The fraction of sp³-hybridized carbons (Fsp3) is 0.417. The highest BCUT2D eigenvalue weighted by Gasteiger charge is 2.23. The Labute approximate surface area is 104 Å². The molecule has 2 N–H and O–H groups in total. The number of aromatic nitrogens is 1. The lowest BCUT2D eigenvalue weighted by molar-refractivity contribution is 0.485. The molecule has 0 aromatic carbocycles. The highest BCUT2D eigenvalue weighted by atomic mass is 32.1. The van der Waals surface area contributed by atoms with E-state index in [1.54, 1.807) is 22.7 Å². The van der Waals surface area contributed by atoms with Gasteiger partial charge in [0.1, 0.15) is 0 Å². The average molecular weight is 252 g/mol. The first-order chi connectivity index (χ1) is 7.63. The number of nitrogens with zero attached hydrogens (tertiary/aromatic N) is 1. The maximum absolute atomic E-state index is 5.63. The largest absolute Gasteiger partial charge is 0.330 e. The molecule has 2 heterocycles. The Morgan fingerprint density at radius 1 is 1.38 bits per heavy atom. The van der Waals surface area contributed by atoms with E-state index in [1.165, 1.54) is 9.88 Å². The Balaban J connectivity index is 2.26. The van der Waals surface area contributed by atoms with Gasteiger partial charge in [-0.25, -0.2) is 4.98 Å². The molecule has 0 radical (unpaired) electrons. The van der Waals surface area contributed by atoms with Crippen LogP contribution >= 0.6 is 22.7 Å². The van der Waals surface area contributed by atoms with E-state index < -0.39 is 0 Å². The van der Waals surface area contributed by atoms with Crippen LogP contribution in [0.2, 0.25) is 0 Å². The van der Waals surface area contributed by atoms with Gasteiger partial charge >= 0.3 is 0 Å². The highest BCUT2D eigenvalue weighted by Crippen LogP contribution is 2.33. The number of thiazole rings is 1. The molecule has 0 aliphatic rings. The topological polar surface area (TPSA) is 38.9 Å². The molecule has 0 aliphatic heterocycles. The van der Waals surface area contributed by atoms with Gasteiger partial charge in [-0.05, 0) is 24.4 Å². The first kappa shape index (κ1) is 11.8. The standard InChI is InChI=1S/C12H16N2S2/c1-12(2,5-6-13)11-14-9(8-16-11)10-4-3-7-15-10/h3-4,7-8H,5-6,13H2,1-2H3. The average Bonchev–Trinajstić information content (AvgIpc) is 2.89. The quantitative estimate of drug-likeness (QED) is 0.904. The lowest BCUT2D eigenvalue weighted by atomic mass is 9.90. The summed E-state index contributed by atoms with van der Waals surface area (Å²) in [5.41, 5.74) is 6.82. The second kappa shape index (κ2) is 4.65. The lowest BCUT2D eigenvalue weighted by Crippen LogP contribution is -2.21. The van der Waals surface area contributed by atoms with Gasteiger partial charge in [0, 0.05) is 10.8 Å². The zero-order valence-electron chi connectivity index (χ0n) is 9.56. The van der Waals surface area contributed by atoms with Crippen molar-refractivity contribution in [3.63, 3.8) is 0 Å². The Morgan fingerprint density at radius 3 is 2.81 bits per heavy atom. The van der Waals surface area contributed by atoms with Crippen LogP contribution < -0.4 is 5.73 Å². The van der Waals surface area contributed by atoms with E-state index in [0.29, 0.717) is 6.54 Å². The van der Waals surface area contributed by atoms with Crippen molar-refractivity contribution >= 4 is 22.7 Å². The third kappa shape index (κ3) is 2.34. The summed E-state index contributed by atoms with van der Waals surface area (Å²) in [6, 6.07) is 4.17. The van der Waals surface area contributed by atoms with E-state index in [9.17, 15) is 0 Å². The van der Waals surface area contributed by atoms with Crippen LogP contribution in [0.3, 0.4) is 0 Å².